The summed E-state index contributed by atoms with van der Waals surface area (Å²) in [5.41, 5.74) is 0. The lowest BCUT2D eigenvalue weighted by molar-refractivity contribution is -0.148. The van der Waals surface area contributed by atoms with Gasteiger partial charge in [0.25, 0.3) is 0 Å². The topological polar surface area (TPSA) is 29.5 Å². The smallest absolute Gasteiger partial charge is 0.309 e. The lowest BCUT2D eigenvalue weighted by Crippen LogP contribution is -2.39. The molecule has 1 aliphatic heterocycles. The maximum atomic E-state index is 11.6. The molecule has 2 fully saturated rings. The molecule has 98 valence electrons. The van der Waals surface area contributed by atoms with E-state index in [1.54, 1.807) is 0 Å². The summed E-state index contributed by atoms with van der Waals surface area (Å²) < 4.78 is 5.08. The van der Waals surface area contributed by atoms with Gasteiger partial charge in [0.05, 0.1) is 12.5 Å². The van der Waals surface area contributed by atoms with Crippen LogP contribution < -0.4 is 0 Å². The minimum Gasteiger partial charge on any atom is -0.466 e. The van der Waals surface area contributed by atoms with E-state index < -0.39 is 0 Å². The monoisotopic (exact) mass is 239 g/mol. The van der Waals surface area contributed by atoms with E-state index in [-0.39, 0.29) is 11.9 Å². The highest BCUT2D eigenvalue weighted by Gasteiger charge is 2.36. The van der Waals surface area contributed by atoms with Crippen LogP contribution in [0, 0.1) is 11.8 Å². The summed E-state index contributed by atoms with van der Waals surface area (Å²) >= 11 is 0. The van der Waals surface area contributed by atoms with Gasteiger partial charge in [-0.1, -0.05) is 19.8 Å². The number of esters is 1. The van der Waals surface area contributed by atoms with Gasteiger partial charge in [0.2, 0.25) is 0 Å². The zero-order valence-corrected chi connectivity index (χ0v) is 11.2. The Morgan fingerprint density at radius 2 is 2.12 bits per heavy atom. The molecular weight excluding hydrogens is 214 g/mol. The van der Waals surface area contributed by atoms with E-state index >= 15 is 0 Å². The standard InChI is InChI=1S/C14H25NO2/c1-3-17-14(16)11(2)10-15-9-8-12-6-4-5-7-13(12)15/h11-13H,3-10H2,1-2H3. The zero-order valence-electron chi connectivity index (χ0n) is 11.2. The van der Waals surface area contributed by atoms with E-state index in [1.165, 1.54) is 38.6 Å². The number of rotatable bonds is 4. The van der Waals surface area contributed by atoms with Crippen molar-refractivity contribution >= 4 is 5.97 Å². The van der Waals surface area contributed by atoms with Crippen molar-refractivity contribution in [3.8, 4) is 0 Å². The van der Waals surface area contributed by atoms with Crippen molar-refractivity contribution in [3.05, 3.63) is 0 Å². The van der Waals surface area contributed by atoms with Crippen LogP contribution in [0.4, 0.5) is 0 Å². The molecule has 1 heterocycles. The molecule has 0 amide bonds. The molecule has 2 rings (SSSR count). The molecule has 0 spiro atoms. The Labute approximate surface area is 105 Å². The van der Waals surface area contributed by atoms with Crippen LogP contribution >= 0.6 is 0 Å². The largest absolute Gasteiger partial charge is 0.466 e. The summed E-state index contributed by atoms with van der Waals surface area (Å²) in [4.78, 5) is 14.2. The SMILES string of the molecule is CCOC(=O)C(C)CN1CCC2CCCCC21. The number of ether oxygens (including phenoxy) is 1. The zero-order chi connectivity index (χ0) is 12.3. The fourth-order valence-corrected chi connectivity index (χ4v) is 3.44. The second-order valence-corrected chi connectivity index (χ2v) is 5.55. The van der Waals surface area contributed by atoms with Gasteiger partial charge in [-0.3, -0.25) is 9.69 Å². The van der Waals surface area contributed by atoms with Crippen molar-refractivity contribution in [2.75, 3.05) is 19.7 Å². The molecular formula is C14H25NO2. The van der Waals surface area contributed by atoms with E-state index in [0.29, 0.717) is 6.61 Å². The van der Waals surface area contributed by atoms with E-state index in [2.05, 4.69) is 4.90 Å². The summed E-state index contributed by atoms with van der Waals surface area (Å²) in [5.74, 6) is 0.889. The van der Waals surface area contributed by atoms with Gasteiger partial charge in [-0.05, 0) is 38.6 Å². The fourth-order valence-electron chi connectivity index (χ4n) is 3.44. The number of carbonyl (C=O) groups is 1. The van der Waals surface area contributed by atoms with Crippen LogP contribution in [0.5, 0.6) is 0 Å². The molecule has 2 aliphatic rings. The highest BCUT2D eigenvalue weighted by Crippen LogP contribution is 2.36. The number of hydrogen-bond acceptors (Lipinski definition) is 3. The Hall–Kier alpha value is -0.570. The van der Waals surface area contributed by atoms with Crippen molar-refractivity contribution < 1.29 is 9.53 Å². The van der Waals surface area contributed by atoms with E-state index in [1.807, 2.05) is 13.8 Å². The molecule has 0 bridgehead atoms. The third-order valence-corrected chi connectivity index (χ3v) is 4.32. The Balaban J connectivity index is 1.84. The van der Waals surface area contributed by atoms with Crippen LogP contribution in [-0.2, 0) is 9.53 Å². The van der Waals surface area contributed by atoms with Crippen LogP contribution in [0.15, 0.2) is 0 Å². The Bertz CT molecular complexity index is 267. The van der Waals surface area contributed by atoms with Crippen LogP contribution in [0.1, 0.15) is 46.0 Å². The molecule has 3 nitrogen and oxygen atoms in total. The predicted molar refractivity (Wildman–Crippen MR) is 67.7 cm³/mol. The maximum Gasteiger partial charge on any atom is 0.309 e. The molecule has 0 aromatic heterocycles. The summed E-state index contributed by atoms with van der Waals surface area (Å²) in [6.07, 6.45) is 6.84. The van der Waals surface area contributed by atoms with Gasteiger partial charge in [-0.2, -0.15) is 0 Å². The minimum absolute atomic E-state index is 0.0237. The van der Waals surface area contributed by atoms with E-state index in [4.69, 9.17) is 4.74 Å². The van der Waals surface area contributed by atoms with Crippen LogP contribution in [0.25, 0.3) is 0 Å². The van der Waals surface area contributed by atoms with Gasteiger partial charge < -0.3 is 4.74 Å². The van der Waals surface area contributed by atoms with Crippen molar-refractivity contribution in [2.45, 2.75) is 52.0 Å². The summed E-state index contributed by atoms with van der Waals surface area (Å²) in [6.45, 7) is 6.43. The first-order chi connectivity index (χ1) is 8.22. The summed E-state index contributed by atoms with van der Waals surface area (Å²) in [5, 5.41) is 0. The first-order valence-corrected chi connectivity index (χ1v) is 7.13. The summed E-state index contributed by atoms with van der Waals surface area (Å²) in [7, 11) is 0. The van der Waals surface area contributed by atoms with Crippen molar-refractivity contribution in [1.29, 1.82) is 0 Å². The highest BCUT2D eigenvalue weighted by molar-refractivity contribution is 5.72. The van der Waals surface area contributed by atoms with E-state index in [9.17, 15) is 4.79 Å². The van der Waals surface area contributed by atoms with Crippen molar-refractivity contribution in [2.24, 2.45) is 11.8 Å². The molecule has 0 aromatic rings. The molecule has 17 heavy (non-hydrogen) atoms. The van der Waals surface area contributed by atoms with Crippen molar-refractivity contribution in [3.63, 3.8) is 0 Å². The first kappa shape index (κ1) is 12.9. The molecule has 0 radical (unpaired) electrons. The van der Waals surface area contributed by atoms with Crippen LogP contribution in [0.2, 0.25) is 0 Å². The predicted octanol–water partition coefficient (Wildman–Crippen LogP) is 2.45. The number of nitrogens with zero attached hydrogens (tertiary/aromatic N) is 1. The van der Waals surface area contributed by atoms with Gasteiger partial charge in [-0.25, -0.2) is 0 Å². The van der Waals surface area contributed by atoms with Crippen LogP contribution in [-0.4, -0.2) is 36.6 Å². The van der Waals surface area contributed by atoms with Gasteiger partial charge in [0.15, 0.2) is 0 Å². The molecule has 0 aromatic carbocycles. The molecule has 1 saturated heterocycles. The summed E-state index contributed by atoms with van der Waals surface area (Å²) in [6, 6.07) is 0.751. The lowest BCUT2D eigenvalue weighted by Gasteiger charge is -2.32. The van der Waals surface area contributed by atoms with Crippen LogP contribution in [0.3, 0.4) is 0 Å². The molecule has 3 unspecified atom stereocenters. The average molecular weight is 239 g/mol. The minimum atomic E-state index is -0.0354. The number of fused-ring (bicyclic) bond motifs is 1. The quantitative estimate of drug-likeness (QED) is 0.706. The normalized spacial score (nSPS) is 30.9. The lowest BCUT2D eigenvalue weighted by atomic mass is 9.85. The van der Waals surface area contributed by atoms with Gasteiger partial charge in [-0.15, -0.1) is 0 Å². The fraction of sp³-hybridized carbons (Fsp3) is 0.929. The average Bonchev–Trinajstić information content (AvgIpc) is 2.73. The molecule has 3 atom stereocenters. The number of likely N-dealkylation sites (tertiary alicyclic amines) is 1. The van der Waals surface area contributed by atoms with Gasteiger partial charge in [0.1, 0.15) is 0 Å². The molecule has 1 aliphatic carbocycles. The molecule has 0 N–H and O–H groups in total. The Morgan fingerprint density at radius 3 is 2.88 bits per heavy atom. The molecule has 1 saturated carbocycles. The second-order valence-electron chi connectivity index (χ2n) is 5.55. The van der Waals surface area contributed by atoms with Gasteiger partial charge >= 0.3 is 5.97 Å². The van der Waals surface area contributed by atoms with Gasteiger partial charge in [0, 0.05) is 12.6 Å². The number of hydrogen-bond donors (Lipinski definition) is 0. The third kappa shape index (κ3) is 3.01. The van der Waals surface area contributed by atoms with E-state index in [0.717, 1.165) is 18.5 Å². The third-order valence-electron chi connectivity index (χ3n) is 4.32. The maximum absolute atomic E-state index is 11.6. The first-order valence-electron chi connectivity index (χ1n) is 7.13. The highest BCUT2D eigenvalue weighted by atomic mass is 16.5. The Morgan fingerprint density at radius 1 is 1.35 bits per heavy atom. The second kappa shape index (κ2) is 5.85. The number of carbonyl (C=O) groups excluding carboxylic acids is 1. The van der Waals surface area contributed by atoms with Crippen molar-refractivity contribution in [1.82, 2.24) is 4.90 Å². The molecule has 3 heteroatoms. The Kier molecular flexibility index (Phi) is 4.43.